The van der Waals surface area contributed by atoms with E-state index in [-0.39, 0.29) is 22.9 Å². The first kappa shape index (κ1) is 17.8. The summed E-state index contributed by atoms with van der Waals surface area (Å²) in [6.45, 7) is 6.31. The standard InChI is InChI=1S/C21H29BrO3/c1-12(23)25-18-7-6-14-13-4-5-16-19(22)17(24)9-11-20(16,2)15(13)8-10-21(14,18)3/h13-15,18H,4-11H2,1-3H3/t13-,14-,15-,18?,20+,21-/m0/s1. The molecule has 0 bridgehead atoms. The summed E-state index contributed by atoms with van der Waals surface area (Å²) in [5.74, 6) is 2.20. The maximum Gasteiger partial charge on any atom is 0.302 e. The molecule has 0 N–H and O–H groups in total. The van der Waals surface area contributed by atoms with Crippen LogP contribution in [0.5, 0.6) is 0 Å². The lowest BCUT2D eigenvalue weighted by molar-refractivity contribution is -0.157. The molecule has 4 aliphatic rings. The summed E-state index contributed by atoms with van der Waals surface area (Å²) in [7, 11) is 0. The van der Waals surface area contributed by atoms with Crippen LogP contribution in [0.1, 0.15) is 72.1 Å². The third kappa shape index (κ3) is 2.49. The molecule has 0 heterocycles. The second-order valence-corrected chi connectivity index (χ2v) is 10.1. The molecule has 0 aromatic rings. The van der Waals surface area contributed by atoms with E-state index >= 15 is 0 Å². The predicted octanol–water partition coefficient (Wildman–Crippen LogP) is 5.17. The number of hydrogen-bond donors (Lipinski definition) is 0. The molecule has 4 rings (SSSR count). The van der Waals surface area contributed by atoms with Gasteiger partial charge < -0.3 is 4.74 Å². The number of carbonyl (C=O) groups is 2. The Kier molecular flexibility index (Phi) is 4.22. The van der Waals surface area contributed by atoms with Crippen molar-refractivity contribution in [2.45, 2.75) is 78.2 Å². The molecule has 138 valence electrons. The zero-order chi connectivity index (χ0) is 18.0. The van der Waals surface area contributed by atoms with E-state index in [1.807, 2.05) is 0 Å². The van der Waals surface area contributed by atoms with Gasteiger partial charge in [0.2, 0.25) is 0 Å². The number of hydrogen-bond acceptors (Lipinski definition) is 3. The second kappa shape index (κ2) is 5.94. The molecule has 0 spiro atoms. The van der Waals surface area contributed by atoms with Gasteiger partial charge in [0, 0.05) is 18.8 Å². The quantitative estimate of drug-likeness (QED) is 0.561. The van der Waals surface area contributed by atoms with Crippen LogP contribution in [0.15, 0.2) is 10.1 Å². The van der Waals surface area contributed by atoms with E-state index in [1.54, 1.807) is 0 Å². The number of halogens is 1. The molecular formula is C21H29BrO3. The summed E-state index contributed by atoms with van der Waals surface area (Å²) < 4.78 is 6.61. The van der Waals surface area contributed by atoms with Crippen molar-refractivity contribution in [2.75, 3.05) is 0 Å². The van der Waals surface area contributed by atoms with Crippen molar-refractivity contribution in [3.8, 4) is 0 Å². The minimum absolute atomic E-state index is 0.0976. The fourth-order valence-corrected chi connectivity index (χ4v) is 7.84. The molecule has 0 aromatic carbocycles. The molecular weight excluding hydrogens is 380 g/mol. The fraction of sp³-hybridized carbons (Fsp3) is 0.810. The van der Waals surface area contributed by atoms with Crippen LogP contribution in [0.4, 0.5) is 0 Å². The van der Waals surface area contributed by atoms with Gasteiger partial charge in [0.05, 0.1) is 4.48 Å². The molecule has 0 aliphatic heterocycles. The highest BCUT2D eigenvalue weighted by Crippen LogP contribution is 2.66. The molecule has 25 heavy (non-hydrogen) atoms. The average Bonchev–Trinajstić information content (AvgIpc) is 2.88. The summed E-state index contributed by atoms with van der Waals surface area (Å²) in [5, 5.41) is 0. The van der Waals surface area contributed by atoms with E-state index in [1.165, 1.54) is 31.8 Å². The van der Waals surface area contributed by atoms with Gasteiger partial charge in [-0.25, -0.2) is 0 Å². The second-order valence-electron chi connectivity index (χ2n) is 9.27. The van der Waals surface area contributed by atoms with Crippen LogP contribution in [-0.4, -0.2) is 17.9 Å². The average molecular weight is 409 g/mol. The van der Waals surface area contributed by atoms with Crippen molar-refractivity contribution in [3.05, 3.63) is 10.1 Å². The van der Waals surface area contributed by atoms with Crippen LogP contribution >= 0.6 is 15.9 Å². The molecule has 3 fully saturated rings. The fourth-order valence-electron chi connectivity index (χ4n) is 7.00. The highest BCUT2D eigenvalue weighted by molar-refractivity contribution is 9.12. The Morgan fingerprint density at radius 1 is 1.08 bits per heavy atom. The smallest absolute Gasteiger partial charge is 0.302 e. The monoisotopic (exact) mass is 408 g/mol. The zero-order valence-electron chi connectivity index (χ0n) is 15.6. The Balaban J connectivity index is 1.65. The lowest BCUT2D eigenvalue weighted by Crippen LogP contribution is -2.52. The highest BCUT2D eigenvalue weighted by atomic mass is 79.9. The van der Waals surface area contributed by atoms with Crippen molar-refractivity contribution in [3.63, 3.8) is 0 Å². The van der Waals surface area contributed by atoms with E-state index in [4.69, 9.17) is 4.74 Å². The number of esters is 1. The SMILES string of the molecule is CC(=O)OC1CC[C@H]2[C@@H]3CCC4=C(Br)C(=O)CC[C@]4(C)[C@H]3CC[C@]12C. The first-order valence-corrected chi connectivity index (χ1v) is 10.7. The molecule has 4 aliphatic carbocycles. The van der Waals surface area contributed by atoms with Crippen LogP contribution < -0.4 is 0 Å². The van der Waals surface area contributed by atoms with Gasteiger partial charge in [0.15, 0.2) is 5.78 Å². The van der Waals surface area contributed by atoms with Crippen LogP contribution in [0.2, 0.25) is 0 Å². The van der Waals surface area contributed by atoms with Crippen LogP contribution in [0, 0.1) is 28.6 Å². The van der Waals surface area contributed by atoms with E-state index in [9.17, 15) is 9.59 Å². The first-order chi connectivity index (χ1) is 11.8. The summed E-state index contributed by atoms with van der Waals surface area (Å²) >= 11 is 3.62. The molecule has 0 amide bonds. The Morgan fingerprint density at radius 2 is 1.84 bits per heavy atom. The van der Waals surface area contributed by atoms with Gasteiger partial charge in [-0.1, -0.05) is 13.8 Å². The summed E-state index contributed by atoms with van der Waals surface area (Å²) in [6.07, 6.45) is 8.57. The Bertz CT molecular complexity index is 654. The Labute approximate surface area is 159 Å². The van der Waals surface area contributed by atoms with Crippen LogP contribution in [-0.2, 0) is 14.3 Å². The van der Waals surface area contributed by atoms with Gasteiger partial charge in [-0.15, -0.1) is 0 Å². The van der Waals surface area contributed by atoms with Crippen molar-refractivity contribution < 1.29 is 14.3 Å². The van der Waals surface area contributed by atoms with Crippen molar-refractivity contribution >= 4 is 27.7 Å². The largest absolute Gasteiger partial charge is 0.462 e. The number of ether oxygens (including phenoxy) is 1. The van der Waals surface area contributed by atoms with E-state index in [0.29, 0.717) is 30.0 Å². The number of allylic oxidation sites excluding steroid dienone is 1. The van der Waals surface area contributed by atoms with Gasteiger partial charge in [0.1, 0.15) is 6.10 Å². The molecule has 3 nitrogen and oxygen atoms in total. The minimum Gasteiger partial charge on any atom is -0.462 e. The van der Waals surface area contributed by atoms with Gasteiger partial charge in [-0.05, 0) is 89.6 Å². The number of carbonyl (C=O) groups excluding carboxylic acids is 2. The molecule has 0 saturated heterocycles. The molecule has 4 heteroatoms. The summed E-state index contributed by atoms with van der Waals surface area (Å²) in [5.41, 5.74) is 1.71. The lowest BCUT2D eigenvalue weighted by atomic mass is 9.47. The number of ketones is 1. The van der Waals surface area contributed by atoms with Crippen molar-refractivity contribution in [1.82, 2.24) is 0 Å². The number of rotatable bonds is 1. The predicted molar refractivity (Wildman–Crippen MR) is 100 cm³/mol. The van der Waals surface area contributed by atoms with Gasteiger partial charge >= 0.3 is 5.97 Å². The van der Waals surface area contributed by atoms with Gasteiger partial charge in [0.25, 0.3) is 0 Å². The molecule has 0 radical (unpaired) electrons. The zero-order valence-corrected chi connectivity index (χ0v) is 17.2. The number of Topliss-reactive ketones (excluding diaryl/α,β-unsaturated/α-hetero) is 1. The third-order valence-corrected chi connectivity index (χ3v) is 9.20. The van der Waals surface area contributed by atoms with E-state index in [2.05, 4.69) is 29.8 Å². The summed E-state index contributed by atoms with van der Waals surface area (Å²) in [4.78, 5) is 23.7. The molecule has 6 atom stereocenters. The molecule has 0 aromatic heterocycles. The highest BCUT2D eigenvalue weighted by Gasteiger charge is 2.60. The van der Waals surface area contributed by atoms with E-state index in [0.717, 1.165) is 30.2 Å². The normalized spacial score (nSPS) is 46.3. The Hall–Kier alpha value is -0.640. The third-order valence-electron chi connectivity index (χ3n) is 8.27. The van der Waals surface area contributed by atoms with Gasteiger partial charge in [-0.2, -0.15) is 0 Å². The molecule has 1 unspecified atom stereocenters. The topological polar surface area (TPSA) is 43.4 Å². The van der Waals surface area contributed by atoms with Gasteiger partial charge in [-0.3, -0.25) is 9.59 Å². The maximum atomic E-state index is 12.2. The summed E-state index contributed by atoms with van der Waals surface area (Å²) in [6, 6.07) is 0. The first-order valence-electron chi connectivity index (χ1n) is 9.87. The van der Waals surface area contributed by atoms with Crippen LogP contribution in [0.25, 0.3) is 0 Å². The van der Waals surface area contributed by atoms with E-state index < -0.39 is 0 Å². The minimum atomic E-state index is -0.135. The van der Waals surface area contributed by atoms with Crippen molar-refractivity contribution in [2.24, 2.45) is 28.6 Å². The lowest BCUT2D eigenvalue weighted by Gasteiger charge is -2.58. The number of fused-ring (bicyclic) bond motifs is 5. The van der Waals surface area contributed by atoms with Crippen molar-refractivity contribution in [1.29, 1.82) is 0 Å². The maximum absolute atomic E-state index is 12.2. The molecule has 3 saturated carbocycles. The van der Waals surface area contributed by atoms with Crippen LogP contribution in [0.3, 0.4) is 0 Å². The Morgan fingerprint density at radius 3 is 2.56 bits per heavy atom.